The number of halogens is 1. The van der Waals surface area contributed by atoms with Gasteiger partial charge in [-0.1, -0.05) is 16.8 Å². The molecule has 0 radical (unpaired) electrons. The van der Waals surface area contributed by atoms with Crippen molar-refractivity contribution in [2.75, 3.05) is 25.6 Å². The molecule has 1 N–H and O–H groups in total. The minimum Gasteiger partial charge on any atom is -0.495 e. The lowest BCUT2D eigenvalue weighted by atomic mass is 10.2. The SMILES string of the molecule is COc1cc(NC(=O)Cn2nnc3cc4c(cc3c2=O)OCCO4)ccc1Cl. The van der Waals surface area contributed by atoms with Crippen LogP contribution in [0.4, 0.5) is 5.69 Å². The minimum absolute atomic E-state index is 0.292. The van der Waals surface area contributed by atoms with E-state index in [1.54, 1.807) is 30.3 Å². The van der Waals surface area contributed by atoms with Gasteiger partial charge in [0, 0.05) is 17.8 Å². The zero-order valence-electron chi connectivity index (χ0n) is 14.8. The smallest absolute Gasteiger partial charge is 0.278 e. The van der Waals surface area contributed by atoms with Crippen LogP contribution in [-0.4, -0.2) is 41.2 Å². The number of hydrogen-bond acceptors (Lipinski definition) is 7. The van der Waals surface area contributed by atoms with E-state index in [0.717, 1.165) is 4.68 Å². The van der Waals surface area contributed by atoms with E-state index >= 15 is 0 Å². The number of aromatic nitrogens is 3. The molecule has 4 rings (SSSR count). The van der Waals surface area contributed by atoms with Gasteiger partial charge in [-0.3, -0.25) is 9.59 Å². The predicted octanol–water partition coefficient (Wildman–Crippen LogP) is 1.86. The van der Waals surface area contributed by atoms with Gasteiger partial charge in [-0.05, 0) is 18.2 Å². The van der Waals surface area contributed by atoms with E-state index in [2.05, 4.69) is 15.6 Å². The molecule has 1 aliphatic heterocycles. The molecule has 0 unspecified atom stereocenters. The maximum Gasteiger partial charge on any atom is 0.278 e. The van der Waals surface area contributed by atoms with E-state index in [0.29, 0.717) is 52.1 Å². The Labute approximate surface area is 163 Å². The van der Waals surface area contributed by atoms with Crippen molar-refractivity contribution in [3.8, 4) is 17.2 Å². The standard InChI is InChI=1S/C18H15ClN4O5/c1-26-14-6-10(2-3-12(14)19)20-17(24)9-23-18(25)11-7-15-16(28-5-4-27-15)8-13(11)21-22-23/h2-3,6-8H,4-5,9H2,1H3,(H,20,24). The number of benzene rings is 2. The summed E-state index contributed by atoms with van der Waals surface area (Å²) in [5.41, 5.74) is 0.395. The molecular formula is C18H15ClN4O5. The van der Waals surface area contributed by atoms with Gasteiger partial charge in [-0.15, -0.1) is 5.10 Å². The van der Waals surface area contributed by atoms with Crippen molar-refractivity contribution in [2.24, 2.45) is 0 Å². The number of fused-ring (bicyclic) bond motifs is 2. The average Bonchev–Trinajstić information content (AvgIpc) is 2.70. The molecule has 9 nitrogen and oxygen atoms in total. The molecule has 0 bridgehead atoms. The van der Waals surface area contributed by atoms with Crippen molar-refractivity contribution in [2.45, 2.75) is 6.54 Å². The molecule has 2 heterocycles. The number of methoxy groups -OCH3 is 1. The third kappa shape index (κ3) is 3.44. The van der Waals surface area contributed by atoms with E-state index in [9.17, 15) is 9.59 Å². The quantitative estimate of drug-likeness (QED) is 0.710. The molecule has 1 aromatic heterocycles. The first-order valence-electron chi connectivity index (χ1n) is 8.35. The van der Waals surface area contributed by atoms with Crippen LogP contribution in [0.15, 0.2) is 35.1 Å². The molecule has 144 valence electrons. The van der Waals surface area contributed by atoms with Gasteiger partial charge >= 0.3 is 0 Å². The molecule has 1 amide bonds. The third-order valence-electron chi connectivity index (χ3n) is 4.11. The average molecular weight is 403 g/mol. The Morgan fingerprint density at radius 2 is 2.00 bits per heavy atom. The first-order chi connectivity index (χ1) is 13.5. The topological polar surface area (TPSA) is 105 Å². The minimum atomic E-state index is -0.453. The molecule has 28 heavy (non-hydrogen) atoms. The summed E-state index contributed by atoms with van der Waals surface area (Å²) in [5.74, 6) is 0.958. The number of nitrogens with zero attached hydrogens (tertiary/aromatic N) is 3. The van der Waals surface area contributed by atoms with Gasteiger partial charge in [0.2, 0.25) is 5.91 Å². The molecule has 10 heteroatoms. The van der Waals surface area contributed by atoms with Crippen LogP contribution in [0.5, 0.6) is 17.2 Å². The first kappa shape index (κ1) is 18.1. The molecule has 1 aliphatic rings. The molecule has 0 atom stereocenters. The van der Waals surface area contributed by atoms with Crippen molar-refractivity contribution in [1.82, 2.24) is 15.0 Å². The summed E-state index contributed by atoms with van der Waals surface area (Å²) in [6.45, 7) is 0.526. The van der Waals surface area contributed by atoms with E-state index < -0.39 is 11.5 Å². The molecular weight excluding hydrogens is 388 g/mol. The lowest BCUT2D eigenvalue weighted by Crippen LogP contribution is -2.30. The van der Waals surface area contributed by atoms with Crippen LogP contribution in [-0.2, 0) is 11.3 Å². The summed E-state index contributed by atoms with van der Waals surface area (Å²) in [6, 6.07) is 7.96. The Kier molecular flexibility index (Phi) is 4.74. The number of ether oxygens (including phenoxy) is 3. The van der Waals surface area contributed by atoms with E-state index in [1.807, 2.05) is 0 Å². The first-order valence-corrected chi connectivity index (χ1v) is 8.73. The van der Waals surface area contributed by atoms with Crippen LogP contribution in [0.25, 0.3) is 10.9 Å². The van der Waals surface area contributed by atoms with Crippen molar-refractivity contribution >= 4 is 34.1 Å². The zero-order chi connectivity index (χ0) is 19.7. The van der Waals surface area contributed by atoms with Gasteiger partial charge < -0.3 is 19.5 Å². The second kappa shape index (κ2) is 7.35. The monoisotopic (exact) mass is 402 g/mol. The van der Waals surface area contributed by atoms with Crippen molar-refractivity contribution < 1.29 is 19.0 Å². The molecule has 0 saturated carbocycles. The number of carbonyl (C=O) groups excluding carboxylic acids is 1. The summed E-state index contributed by atoms with van der Waals surface area (Å²) < 4.78 is 17.1. The number of hydrogen-bond donors (Lipinski definition) is 1. The highest BCUT2D eigenvalue weighted by molar-refractivity contribution is 6.32. The number of carbonyl (C=O) groups is 1. The highest BCUT2D eigenvalue weighted by Crippen LogP contribution is 2.32. The van der Waals surface area contributed by atoms with E-state index in [-0.39, 0.29) is 6.54 Å². The van der Waals surface area contributed by atoms with E-state index in [1.165, 1.54) is 7.11 Å². The number of anilines is 1. The summed E-state index contributed by atoms with van der Waals surface area (Å²) in [6.07, 6.45) is 0. The molecule has 0 spiro atoms. The number of rotatable bonds is 4. The van der Waals surface area contributed by atoms with Crippen LogP contribution >= 0.6 is 11.6 Å². The Morgan fingerprint density at radius 1 is 1.25 bits per heavy atom. The summed E-state index contributed by atoms with van der Waals surface area (Å²) >= 11 is 5.97. The maximum atomic E-state index is 12.7. The predicted molar refractivity (Wildman–Crippen MR) is 101 cm³/mol. The summed E-state index contributed by atoms with van der Waals surface area (Å²) in [4.78, 5) is 25.0. The Balaban J connectivity index is 1.58. The van der Waals surface area contributed by atoms with Gasteiger partial charge in [0.25, 0.3) is 5.56 Å². The maximum absolute atomic E-state index is 12.7. The second-order valence-electron chi connectivity index (χ2n) is 5.96. The highest BCUT2D eigenvalue weighted by atomic mass is 35.5. The lowest BCUT2D eigenvalue weighted by molar-refractivity contribution is -0.117. The Bertz CT molecular complexity index is 1130. The van der Waals surface area contributed by atoms with Crippen LogP contribution < -0.4 is 25.1 Å². The van der Waals surface area contributed by atoms with Crippen LogP contribution in [0.2, 0.25) is 5.02 Å². The van der Waals surface area contributed by atoms with Gasteiger partial charge in [0.15, 0.2) is 11.5 Å². The fourth-order valence-corrected chi connectivity index (χ4v) is 2.99. The second-order valence-corrected chi connectivity index (χ2v) is 6.37. The third-order valence-corrected chi connectivity index (χ3v) is 4.43. The van der Waals surface area contributed by atoms with Crippen molar-refractivity contribution in [3.05, 3.63) is 45.7 Å². The summed E-state index contributed by atoms with van der Waals surface area (Å²) in [5, 5.41) is 11.2. The molecule has 2 aromatic carbocycles. The van der Waals surface area contributed by atoms with Crippen LogP contribution in [0.3, 0.4) is 0 Å². The van der Waals surface area contributed by atoms with Gasteiger partial charge in [-0.2, -0.15) is 0 Å². The number of nitrogens with one attached hydrogen (secondary N) is 1. The zero-order valence-corrected chi connectivity index (χ0v) is 15.5. The van der Waals surface area contributed by atoms with Crippen LogP contribution in [0, 0.1) is 0 Å². The lowest BCUT2D eigenvalue weighted by Gasteiger charge is -2.18. The molecule has 0 aliphatic carbocycles. The Morgan fingerprint density at radius 3 is 2.75 bits per heavy atom. The molecule has 0 fully saturated rings. The number of amides is 1. The molecule has 3 aromatic rings. The van der Waals surface area contributed by atoms with Crippen molar-refractivity contribution in [1.29, 1.82) is 0 Å². The van der Waals surface area contributed by atoms with Gasteiger partial charge in [0.05, 0.1) is 17.5 Å². The van der Waals surface area contributed by atoms with Gasteiger partial charge in [-0.25, -0.2) is 4.68 Å². The Hall–Kier alpha value is -3.33. The fraction of sp³-hybridized carbons (Fsp3) is 0.222. The van der Waals surface area contributed by atoms with Crippen molar-refractivity contribution in [3.63, 3.8) is 0 Å². The van der Waals surface area contributed by atoms with Crippen LogP contribution in [0.1, 0.15) is 0 Å². The summed E-state index contributed by atoms with van der Waals surface area (Å²) in [7, 11) is 1.48. The molecule has 0 saturated heterocycles. The normalized spacial score (nSPS) is 12.6. The fourth-order valence-electron chi connectivity index (χ4n) is 2.79. The van der Waals surface area contributed by atoms with Gasteiger partial charge in [0.1, 0.15) is 31.0 Å². The van der Waals surface area contributed by atoms with E-state index in [4.69, 9.17) is 25.8 Å². The highest BCUT2D eigenvalue weighted by Gasteiger charge is 2.17. The largest absolute Gasteiger partial charge is 0.495 e.